The van der Waals surface area contributed by atoms with E-state index in [9.17, 15) is 4.79 Å². The zero-order valence-electron chi connectivity index (χ0n) is 17.6. The summed E-state index contributed by atoms with van der Waals surface area (Å²) in [6.07, 6.45) is 5.88. The van der Waals surface area contributed by atoms with Gasteiger partial charge in [0, 0.05) is 48.0 Å². The van der Waals surface area contributed by atoms with Crippen LogP contribution in [0.25, 0.3) is 11.0 Å². The van der Waals surface area contributed by atoms with Crippen LogP contribution in [0.3, 0.4) is 0 Å². The van der Waals surface area contributed by atoms with Crippen LogP contribution in [0.15, 0.2) is 77.7 Å². The topological polar surface area (TPSA) is 80.5 Å². The number of hydrogen-bond donors (Lipinski definition) is 1. The van der Waals surface area contributed by atoms with Crippen molar-refractivity contribution in [2.24, 2.45) is 5.92 Å². The number of carbonyl (C=O) groups excluding carboxylic acids is 1. The predicted molar refractivity (Wildman–Crippen MR) is 122 cm³/mol. The number of benzene rings is 2. The van der Waals surface area contributed by atoms with Crippen molar-refractivity contribution < 1.29 is 13.9 Å². The average molecular weight is 428 g/mol. The van der Waals surface area contributed by atoms with E-state index in [0.717, 1.165) is 23.1 Å². The van der Waals surface area contributed by atoms with E-state index >= 15 is 0 Å². The van der Waals surface area contributed by atoms with Crippen molar-refractivity contribution in [3.8, 4) is 0 Å². The smallest absolute Gasteiger partial charge is 0.254 e. The molecule has 7 heteroatoms. The standard InChI is InChI=1S/C25H24N4O3/c30-24(21-3-1-4-22(15-21)28-25-26-8-2-9-27-25)29-10-12-31-17-19(16-29)13-18-5-6-20-7-11-32-23(20)14-18/h1-9,11,14-15,19H,10,12-13,16-17H2,(H,26,27,28)/t19-/m1/s1. The Morgan fingerprint density at radius 3 is 2.91 bits per heavy atom. The lowest BCUT2D eigenvalue weighted by molar-refractivity contribution is 0.0737. The highest BCUT2D eigenvalue weighted by Crippen LogP contribution is 2.22. The summed E-state index contributed by atoms with van der Waals surface area (Å²) in [6.45, 7) is 2.39. The largest absolute Gasteiger partial charge is 0.464 e. The van der Waals surface area contributed by atoms with Gasteiger partial charge in [0.15, 0.2) is 0 Å². The van der Waals surface area contributed by atoms with Gasteiger partial charge < -0.3 is 19.4 Å². The van der Waals surface area contributed by atoms with Gasteiger partial charge in [-0.1, -0.05) is 18.2 Å². The second-order valence-corrected chi connectivity index (χ2v) is 7.97. The van der Waals surface area contributed by atoms with Gasteiger partial charge in [0.05, 0.1) is 19.5 Å². The molecular weight excluding hydrogens is 404 g/mol. The molecule has 2 aromatic carbocycles. The fourth-order valence-electron chi connectivity index (χ4n) is 4.05. The quantitative estimate of drug-likeness (QED) is 0.511. The van der Waals surface area contributed by atoms with E-state index in [0.29, 0.717) is 37.8 Å². The van der Waals surface area contributed by atoms with Gasteiger partial charge in [-0.25, -0.2) is 9.97 Å². The summed E-state index contributed by atoms with van der Waals surface area (Å²) in [6, 6.07) is 17.4. The molecule has 2 aromatic heterocycles. The fraction of sp³-hybridized carbons (Fsp3) is 0.240. The fourth-order valence-corrected chi connectivity index (χ4v) is 4.05. The van der Waals surface area contributed by atoms with Gasteiger partial charge in [-0.3, -0.25) is 4.79 Å². The van der Waals surface area contributed by atoms with Crippen LogP contribution in [0.4, 0.5) is 11.6 Å². The lowest BCUT2D eigenvalue weighted by Crippen LogP contribution is -2.36. The van der Waals surface area contributed by atoms with E-state index in [-0.39, 0.29) is 11.8 Å². The van der Waals surface area contributed by atoms with Crippen LogP contribution < -0.4 is 5.32 Å². The van der Waals surface area contributed by atoms with Crippen LogP contribution in [-0.4, -0.2) is 47.1 Å². The van der Waals surface area contributed by atoms with Crippen molar-refractivity contribution in [3.05, 3.63) is 84.4 Å². The van der Waals surface area contributed by atoms with Crippen molar-refractivity contribution >= 4 is 28.5 Å². The number of hydrogen-bond acceptors (Lipinski definition) is 6. The lowest BCUT2D eigenvalue weighted by Gasteiger charge is -2.24. The molecule has 0 bridgehead atoms. The second-order valence-electron chi connectivity index (χ2n) is 7.97. The van der Waals surface area contributed by atoms with Crippen LogP contribution in [0.1, 0.15) is 15.9 Å². The third kappa shape index (κ3) is 4.63. The van der Waals surface area contributed by atoms with Crippen molar-refractivity contribution in [1.29, 1.82) is 0 Å². The molecule has 162 valence electrons. The van der Waals surface area contributed by atoms with E-state index in [1.54, 1.807) is 24.7 Å². The van der Waals surface area contributed by atoms with Crippen LogP contribution in [0.2, 0.25) is 0 Å². The molecule has 1 aliphatic rings. The lowest BCUT2D eigenvalue weighted by atomic mass is 9.98. The first-order chi connectivity index (χ1) is 15.7. The van der Waals surface area contributed by atoms with Crippen LogP contribution in [0.5, 0.6) is 0 Å². The van der Waals surface area contributed by atoms with Gasteiger partial charge in [0.25, 0.3) is 5.91 Å². The Bertz CT molecular complexity index is 1210. The Balaban J connectivity index is 1.29. The van der Waals surface area contributed by atoms with E-state index in [1.165, 1.54) is 5.56 Å². The number of nitrogens with zero attached hydrogens (tertiary/aromatic N) is 3. The second kappa shape index (κ2) is 9.20. The van der Waals surface area contributed by atoms with Gasteiger partial charge in [-0.2, -0.15) is 0 Å². The van der Waals surface area contributed by atoms with E-state index in [4.69, 9.17) is 9.15 Å². The minimum Gasteiger partial charge on any atom is -0.464 e. The van der Waals surface area contributed by atoms with Gasteiger partial charge in [0.2, 0.25) is 5.95 Å². The number of nitrogens with one attached hydrogen (secondary N) is 1. The molecule has 1 fully saturated rings. The summed E-state index contributed by atoms with van der Waals surface area (Å²) in [5, 5.41) is 4.24. The minimum atomic E-state index is -0.000355. The predicted octanol–water partition coefficient (Wildman–Crippen LogP) is 4.30. The van der Waals surface area contributed by atoms with Gasteiger partial charge in [-0.15, -0.1) is 0 Å². The maximum atomic E-state index is 13.3. The number of rotatable bonds is 5. The van der Waals surface area contributed by atoms with Crippen LogP contribution >= 0.6 is 0 Å². The Labute approximate surface area is 186 Å². The highest BCUT2D eigenvalue weighted by atomic mass is 16.5. The summed E-state index contributed by atoms with van der Waals surface area (Å²) in [5.74, 6) is 0.710. The first-order valence-electron chi connectivity index (χ1n) is 10.7. The maximum absolute atomic E-state index is 13.3. The number of amides is 1. The maximum Gasteiger partial charge on any atom is 0.254 e. The highest BCUT2D eigenvalue weighted by Gasteiger charge is 2.24. The summed E-state index contributed by atoms with van der Waals surface area (Å²) in [5.41, 5.74) is 3.47. The molecule has 0 unspecified atom stereocenters. The molecule has 1 atom stereocenters. The Hall–Kier alpha value is -3.71. The van der Waals surface area contributed by atoms with E-state index in [2.05, 4.69) is 33.5 Å². The number of aromatic nitrogens is 2. The molecule has 0 saturated carbocycles. The molecule has 1 amide bonds. The number of furan rings is 1. The molecule has 0 spiro atoms. The van der Waals surface area contributed by atoms with E-state index < -0.39 is 0 Å². The molecule has 32 heavy (non-hydrogen) atoms. The molecular formula is C25H24N4O3. The molecule has 0 radical (unpaired) electrons. The van der Waals surface area contributed by atoms with Crippen LogP contribution in [0, 0.1) is 5.92 Å². The Morgan fingerprint density at radius 1 is 1.09 bits per heavy atom. The van der Waals surface area contributed by atoms with Gasteiger partial charge in [-0.05, 0) is 48.4 Å². The number of anilines is 2. The molecule has 4 aromatic rings. The zero-order valence-corrected chi connectivity index (χ0v) is 17.6. The summed E-state index contributed by atoms with van der Waals surface area (Å²) >= 11 is 0. The molecule has 1 N–H and O–H groups in total. The van der Waals surface area contributed by atoms with Crippen molar-refractivity contribution in [2.45, 2.75) is 6.42 Å². The highest BCUT2D eigenvalue weighted by molar-refractivity contribution is 5.95. The zero-order chi connectivity index (χ0) is 21.8. The first-order valence-corrected chi connectivity index (χ1v) is 10.7. The van der Waals surface area contributed by atoms with E-state index in [1.807, 2.05) is 35.2 Å². The minimum absolute atomic E-state index is 0.000355. The first kappa shape index (κ1) is 20.2. The molecule has 3 heterocycles. The molecule has 1 aliphatic heterocycles. The van der Waals surface area contributed by atoms with Crippen molar-refractivity contribution in [1.82, 2.24) is 14.9 Å². The third-order valence-corrected chi connectivity index (χ3v) is 5.60. The molecule has 5 rings (SSSR count). The summed E-state index contributed by atoms with van der Waals surface area (Å²) < 4.78 is 11.4. The SMILES string of the molecule is O=C(c1cccc(Nc2ncccn2)c1)N1CCOC[C@H](Cc2ccc3ccoc3c2)C1. The monoisotopic (exact) mass is 428 g/mol. The van der Waals surface area contributed by atoms with Crippen molar-refractivity contribution in [2.75, 3.05) is 31.6 Å². The number of ether oxygens (including phenoxy) is 1. The molecule has 7 nitrogen and oxygen atoms in total. The number of fused-ring (bicyclic) bond motifs is 1. The number of carbonyl (C=O) groups is 1. The van der Waals surface area contributed by atoms with Gasteiger partial charge in [0.1, 0.15) is 5.58 Å². The van der Waals surface area contributed by atoms with Crippen LogP contribution in [-0.2, 0) is 11.2 Å². The Morgan fingerprint density at radius 2 is 2.00 bits per heavy atom. The van der Waals surface area contributed by atoms with Gasteiger partial charge >= 0.3 is 0 Å². The molecule has 1 saturated heterocycles. The molecule has 0 aliphatic carbocycles. The Kier molecular flexibility index (Phi) is 5.81. The summed E-state index contributed by atoms with van der Waals surface area (Å²) in [4.78, 5) is 23.5. The normalized spacial score (nSPS) is 16.6. The van der Waals surface area contributed by atoms with Crippen molar-refractivity contribution in [3.63, 3.8) is 0 Å². The third-order valence-electron chi connectivity index (χ3n) is 5.60. The summed E-state index contributed by atoms with van der Waals surface area (Å²) in [7, 11) is 0. The average Bonchev–Trinajstić information content (AvgIpc) is 3.17.